The van der Waals surface area contributed by atoms with Crippen LogP contribution in [-0.4, -0.2) is 32.3 Å². The quantitative estimate of drug-likeness (QED) is 0.876. The molecule has 1 aliphatic heterocycles. The lowest BCUT2D eigenvalue weighted by Crippen LogP contribution is -2.13. The number of fused-ring (bicyclic) bond motifs is 1. The maximum Gasteiger partial charge on any atom is 0.169 e. The predicted molar refractivity (Wildman–Crippen MR) is 67.1 cm³/mol. The minimum atomic E-state index is 0.262. The minimum Gasteiger partial charge on any atom is -0.382 e. The van der Waals surface area contributed by atoms with Gasteiger partial charge in [0.25, 0.3) is 0 Å². The molecule has 3 heterocycles. The Kier molecular flexibility index (Phi) is 2.68. The zero-order valence-electron chi connectivity index (χ0n) is 9.54. The molecule has 17 heavy (non-hydrogen) atoms. The summed E-state index contributed by atoms with van der Waals surface area (Å²) in [6, 6.07) is 0. The fraction of sp³-hybridized carbons (Fsp3) is 0.455. The van der Waals surface area contributed by atoms with Gasteiger partial charge in [0.2, 0.25) is 0 Å². The molecule has 0 radical (unpaired) electrons. The molecule has 3 rings (SSSR count). The summed E-state index contributed by atoms with van der Waals surface area (Å²) in [5, 5.41) is 1.32. The summed E-state index contributed by atoms with van der Waals surface area (Å²) in [5.74, 6) is 0.518. The lowest BCUT2D eigenvalue weighted by atomic mass is 10.3. The van der Waals surface area contributed by atoms with Crippen molar-refractivity contribution in [3.8, 4) is 0 Å². The van der Waals surface area contributed by atoms with Crippen LogP contribution in [0.25, 0.3) is 5.65 Å². The average Bonchev–Trinajstić information content (AvgIpc) is 2.88. The molecule has 2 unspecified atom stereocenters. The molecule has 2 aromatic rings. The van der Waals surface area contributed by atoms with Gasteiger partial charge in [-0.3, -0.25) is 0 Å². The topological polar surface area (TPSA) is 65.4 Å². The fourth-order valence-electron chi connectivity index (χ4n) is 2.01. The summed E-state index contributed by atoms with van der Waals surface area (Å²) < 4.78 is 7.46. The molecule has 0 aromatic carbocycles. The number of aromatic nitrogens is 3. The number of nitrogens with two attached hydrogens (primary N) is 1. The number of nitrogen functional groups attached to an aromatic ring is 1. The minimum absolute atomic E-state index is 0.262. The maximum atomic E-state index is 5.79. The molecule has 0 saturated carbocycles. The number of anilines is 1. The first-order valence-electron chi connectivity index (χ1n) is 5.61. The molecule has 6 heteroatoms. The largest absolute Gasteiger partial charge is 0.382 e. The van der Waals surface area contributed by atoms with Crippen molar-refractivity contribution >= 4 is 23.2 Å². The second kappa shape index (κ2) is 4.19. The van der Waals surface area contributed by atoms with Gasteiger partial charge in [0.1, 0.15) is 10.8 Å². The van der Waals surface area contributed by atoms with E-state index in [-0.39, 0.29) is 6.10 Å². The monoisotopic (exact) mass is 250 g/mol. The molecule has 5 nitrogen and oxygen atoms in total. The van der Waals surface area contributed by atoms with E-state index in [0.717, 1.165) is 23.7 Å². The highest BCUT2D eigenvalue weighted by Crippen LogP contribution is 2.33. The summed E-state index contributed by atoms with van der Waals surface area (Å²) in [4.78, 5) is 8.68. The van der Waals surface area contributed by atoms with Crippen molar-refractivity contribution in [1.29, 1.82) is 0 Å². The molecule has 90 valence electrons. The van der Waals surface area contributed by atoms with E-state index in [9.17, 15) is 0 Å². The van der Waals surface area contributed by atoms with E-state index in [1.54, 1.807) is 24.2 Å². The number of rotatable bonds is 2. The van der Waals surface area contributed by atoms with E-state index in [1.807, 2.05) is 10.6 Å². The summed E-state index contributed by atoms with van der Waals surface area (Å²) in [6.45, 7) is 2.92. The Bertz CT molecular complexity index is 541. The molecular formula is C11H14N4OS. The first-order chi connectivity index (χ1) is 8.24. The summed E-state index contributed by atoms with van der Waals surface area (Å²) in [5.41, 5.74) is 6.65. The van der Waals surface area contributed by atoms with Gasteiger partial charge in [0.15, 0.2) is 5.65 Å². The van der Waals surface area contributed by atoms with Gasteiger partial charge in [-0.15, -0.1) is 0 Å². The normalized spacial score (nSPS) is 24.5. The Balaban J connectivity index is 1.96. The zero-order valence-corrected chi connectivity index (χ0v) is 10.4. The Hall–Kier alpha value is -1.27. The van der Waals surface area contributed by atoms with Crippen molar-refractivity contribution in [3.63, 3.8) is 0 Å². The predicted octanol–water partition coefficient (Wildman–Crippen LogP) is 1.58. The average molecular weight is 250 g/mol. The third-order valence-corrected chi connectivity index (χ3v) is 4.35. The van der Waals surface area contributed by atoms with Crippen LogP contribution in [0.3, 0.4) is 0 Å². The Labute approximate surface area is 103 Å². The highest BCUT2D eigenvalue weighted by atomic mass is 32.2. The van der Waals surface area contributed by atoms with Crippen molar-refractivity contribution < 1.29 is 4.74 Å². The highest BCUT2D eigenvalue weighted by molar-refractivity contribution is 8.00. The molecule has 0 spiro atoms. The van der Waals surface area contributed by atoms with Crippen molar-refractivity contribution in [2.45, 2.75) is 29.7 Å². The van der Waals surface area contributed by atoms with Gasteiger partial charge < -0.3 is 14.9 Å². The second-order valence-corrected chi connectivity index (χ2v) is 5.38. The van der Waals surface area contributed by atoms with Gasteiger partial charge in [0.05, 0.1) is 12.3 Å². The van der Waals surface area contributed by atoms with Crippen LogP contribution in [0.15, 0.2) is 23.6 Å². The van der Waals surface area contributed by atoms with Gasteiger partial charge in [0, 0.05) is 24.3 Å². The second-order valence-electron chi connectivity index (χ2n) is 4.15. The van der Waals surface area contributed by atoms with E-state index in [4.69, 9.17) is 10.5 Å². The number of hydrogen-bond acceptors (Lipinski definition) is 5. The van der Waals surface area contributed by atoms with Crippen LogP contribution in [0.4, 0.5) is 5.82 Å². The Morgan fingerprint density at radius 3 is 3.24 bits per heavy atom. The third kappa shape index (κ3) is 1.98. The molecule has 2 N–H and O–H groups in total. The lowest BCUT2D eigenvalue weighted by molar-refractivity contribution is 0.127. The van der Waals surface area contributed by atoms with Crippen molar-refractivity contribution in [2.24, 2.45) is 0 Å². The van der Waals surface area contributed by atoms with E-state index >= 15 is 0 Å². The molecule has 0 bridgehead atoms. The number of imidazole rings is 1. The molecule has 1 saturated heterocycles. The molecule has 1 fully saturated rings. The molecule has 2 atom stereocenters. The lowest BCUT2D eigenvalue weighted by Gasteiger charge is -2.13. The van der Waals surface area contributed by atoms with Crippen molar-refractivity contribution in [3.05, 3.63) is 18.6 Å². The van der Waals surface area contributed by atoms with Crippen LogP contribution in [0, 0.1) is 0 Å². The number of nitrogens with zero attached hydrogens (tertiary/aromatic N) is 3. The molecule has 2 aromatic heterocycles. The van der Waals surface area contributed by atoms with Crippen LogP contribution < -0.4 is 5.73 Å². The van der Waals surface area contributed by atoms with E-state index in [1.165, 1.54) is 0 Å². The summed E-state index contributed by atoms with van der Waals surface area (Å²) >= 11 is 1.71. The maximum absolute atomic E-state index is 5.79. The number of hydrogen-bond donors (Lipinski definition) is 1. The van der Waals surface area contributed by atoms with Crippen LogP contribution >= 0.6 is 11.8 Å². The standard InChI is InChI=1S/C11H14N4OS/c1-7-8(2-5-16-7)17-11-10-13-3-4-15(10)6-9(12)14-11/h3-4,6-8H,2,5,12H2,1H3. The van der Waals surface area contributed by atoms with E-state index < -0.39 is 0 Å². The molecule has 0 aliphatic carbocycles. The van der Waals surface area contributed by atoms with Gasteiger partial charge >= 0.3 is 0 Å². The van der Waals surface area contributed by atoms with Gasteiger partial charge in [-0.1, -0.05) is 11.8 Å². The first kappa shape index (κ1) is 10.9. The van der Waals surface area contributed by atoms with E-state index in [2.05, 4.69) is 16.9 Å². The summed E-state index contributed by atoms with van der Waals surface area (Å²) in [6.07, 6.45) is 6.73. The van der Waals surface area contributed by atoms with Gasteiger partial charge in [-0.05, 0) is 13.3 Å². The van der Waals surface area contributed by atoms with Crippen LogP contribution in [0.2, 0.25) is 0 Å². The molecule has 1 aliphatic rings. The van der Waals surface area contributed by atoms with Crippen molar-refractivity contribution in [2.75, 3.05) is 12.3 Å². The Morgan fingerprint density at radius 1 is 1.59 bits per heavy atom. The number of thioether (sulfide) groups is 1. The SMILES string of the molecule is CC1OCCC1Sc1nc(N)cn2ccnc12. The van der Waals surface area contributed by atoms with Gasteiger partial charge in [-0.25, -0.2) is 9.97 Å². The summed E-state index contributed by atoms with van der Waals surface area (Å²) in [7, 11) is 0. The van der Waals surface area contributed by atoms with Crippen LogP contribution in [0.5, 0.6) is 0 Å². The fourth-order valence-corrected chi connectivity index (χ4v) is 3.20. The van der Waals surface area contributed by atoms with Gasteiger partial charge in [-0.2, -0.15) is 0 Å². The molecule has 0 amide bonds. The first-order valence-corrected chi connectivity index (χ1v) is 6.49. The van der Waals surface area contributed by atoms with E-state index in [0.29, 0.717) is 11.1 Å². The number of ether oxygens (including phenoxy) is 1. The molecular weight excluding hydrogens is 236 g/mol. The third-order valence-electron chi connectivity index (χ3n) is 2.93. The van der Waals surface area contributed by atoms with Crippen LogP contribution in [-0.2, 0) is 4.74 Å². The van der Waals surface area contributed by atoms with Crippen LogP contribution in [0.1, 0.15) is 13.3 Å². The Morgan fingerprint density at radius 2 is 2.47 bits per heavy atom. The van der Waals surface area contributed by atoms with Crippen molar-refractivity contribution in [1.82, 2.24) is 14.4 Å². The zero-order chi connectivity index (χ0) is 11.8. The smallest absolute Gasteiger partial charge is 0.169 e. The highest BCUT2D eigenvalue weighted by Gasteiger charge is 2.26.